The molecule has 0 fully saturated rings. The first-order valence-electron chi connectivity index (χ1n) is 12.3. The third-order valence-electron chi connectivity index (χ3n) is 6.22. The van der Waals surface area contributed by atoms with E-state index in [-0.39, 0.29) is 48.2 Å². The number of unbranched alkanes of at least 4 members (excludes halogenated alkanes) is 1. The van der Waals surface area contributed by atoms with Gasteiger partial charge in [-0.05, 0) is 49.1 Å². The van der Waals surface area contributed by atoms with E-state index >= 15 is 0 Å². The van der Waals surface area contributed by atoms with Crippen LogP contribution < -0.4 is 5.32 Å². The summed E-state index contributed by atoms with van der Waals surface area (Å²) in [7, 11) is -3.95. The van der Waals surface area contributed by atoms with Gasteiger partial charge in [0.25, 0.3) is 15.9 Å². The van der Waals surface area contributed by atoms with Crippen molar-refractivity contribution in [1.82, 2.24) is 14.5 Å². The molecule has 1 heterocycles. The Morgan fingerprint density at radius 2 is 1.78 bits per heavy atom. The van der Waals surface area contributed by atoms with E-state index in [0.29, 0.717) is 28.6 Å². The van der Waals surface area contributed by atoms with Gasteiger partial charge >= 0.3 is 0 Å². The Balaban J connectivity index is 1.75. The van der Waals surface area contributed by atoms with Crippen LogP contribution in [0.25, 0.3) is 0 Å². The van der Waals surface area contributed by atoms with Crippen molar-refractivity contribution in [2.45, 2.75) is 63.4 Å². The number of carbonyl (C=O) groups excluding carboxylic acids is 3. The van der Waals surface area contributed by atoms with Gasteiger partial charge in [-0.3, -0.25) is 14.4 Å². The first kappa shape index (κ1) is 28.9. The normalized spacial score (nSPS) is 14.8. The molecule has 1 atom stereocenters. The fourth-order valence-electron chi connectivity index (χ4n) is 4.23. The molecule has 0 aromatic heterocycles. The fraction of sp³-hybridized carbons (Fsp3) is 0.423. The lowest BCUT2D eigenvalue weighted by Crippen LogP contribution is -2.49. The van der Waals surface area contributed by atoms with Crippen molar-refractivity contribution in [2.24, 2.45) is 0 Å². The van der Waals surface area contributed by atoms with Crippen molar-refractivity contribution in [3.63, 3.8) is 0 Å². The van der Waals surface area contributed by atoms with Crippen molar-refractivity contribution in [3.8, 4) is 0 Å². The van der Waals surface area contributed by atoms with E-state index in [0.717, 1.165) is 17.1 Å². The molecular formula is C26H31Cl2N3O5S. The van der Waals surface area contributed by atoms with Gasteiger partial charge in [-0.15, -0.1) is 0 Å². The van der Waals surface area contributed by atoms with Crippen molar-refractivity contribution < 1.29 is 22.8 Å². The van der Waals surface area contributed by atoms with E-state index in [1.165, 1.54) is 17.0 Å². The van der Waals surface area contributed by atoms with E-state index < -0.39 is 22.0 Å². The molecular weight excluding hydrogens is 537 g/mol. The number of nitrogens with zero attached hydrogens (tertiary/aromatic N) is 2. The first-order chi connectivity index (χ1) is 17.6. The SMILES string of the molecule is CCCCNC(=O)[C@H](CC)N(Cc1ccc(Cl)c(Cl)c1)C(=O)CCCN1C(=O)c2ccccc2S1(=O)=O. The van der Waals surface area contributed by atoms with Crippen LogP contribution in [0.3, 0.4) is 0 Å². The third-order valence-corrected chi connectivity index (χ3v) is 8.80. The van der Waals surface area contributed by atoms with E-state index in [1.807, 2.05) is 13.8 Å². The average molecular weight is 569 g/mol. The largest absolute Gasteiger partial charge is 0.354 e. The summed E-state index contributed by atoms with van der Waals surface area (Å²) in [5.41, 5.74) is 0.833. The number of carbonyl (C=O) groups is 3. The lowest BCUT2D eigenvalue weighted by atomic mass is 10.1. The maximum Gasteiger partial charge on any atom is 0.269 e. The Morgan fingerprint density at radius 3 is 2.43 bits per heavy atom. The second-order valence-corrected chi connectivity index (χ2v) is 11.5. The molecule has 2 aromatic carbocycles. The van der Waals surface area contributed by atoms with Gasteiger partial charge in [0.05, 0.1) is 15.6 Å². The number of hydrogen-bond donors (Lipinski definition) is 1. The third kappa shape index (κ3) is 6.64. The molecule has 0 unspecified atom stereocenters. The lowest BCUT2D eigenvalue weighted by molar-refractivity contribution is -0.141. The van der Waals surface area contributed by atoms with Crippen LogP contribution >= 0.6 is 23.2 Å². The van der Waals surface area contributed by atoms with Gasteiger partial charge < -0.3 is 10.2 Å². The molecule has 200 valence electrons. The van der Waals surface area contributed by atoms with Gasteiger partial charge in [0.1, 0.15) is 10.9 Å². The van der Waals surface area contributed by atoms with Crippen LogP contribution in [0.5, 0.6) is 0 Å². The molecule has 0 radical (unpaired) electrons. The quantitative estimate of drug-likeness (QED) is 0.376. The van der Waals surface area contributed by atoms with Crippen LogP contribution in [0.4, 0.5) is 0 Å². The Bertz CT molecular complexity index is 1270. The number of halogens is 2. The number of fused-ring (bicyclic) bond motifs is 1. The molecule has 0 aliphatic carbocycles. The minimum absolute atomic E-state index is 0.0256. The molecule has 1 aliphatic rings. The zero-order chi connectivity index (χ0) is 27.2. The van der Waals surface area contributed by atoms with E-state index in [4.69, 9.17) is 23.2 Å². The number of hydrogen-bond acceptors (Lipinski definition) is 5. The Hall–Kier alpha value is -2.62. The van der Waals surface area contributed by atoms with Crippen LogP contribution in [0.1, 0.15) is 61.9 Å². The van der Waals surface area contributed by atoms with Crippen molar-refractivity contribution in [1.29, 1.82) is 0 Å². The smallest absolute Gasteiger partial charge is 0.269 e. The van der Waals surface area contributed by atoms with Gasteiger partial charge in [-0.2, -0.15) is 0 Å². The molecule has 0 saturated heterocycles. The molecule has 0 spiro atoms. The molecule has 3 amide bonds. The summed E-state index contributed by atoms with van der Waals surface area (Å²) in [4.78, 5) is 40.5. The number of nitrogens with one attached hydrogen (secondary N) is 1. The molecule has 8 nitrogen and oxygen atoms in total. The number of amides is 3. The predicted octanol–water partition coefficient (Wildman–Crippen LogP) is 4.64. The van der Waals surface area contributed by atoms with Gasteiger partial charge in [0.2, 0.25) is 11.8 Å². The summed E-state index contributed by atoms with van der Waals surface area (Å²) >= 11 is 12.2. The summed E-state index contributed by atoms with van der Waals surface area (Å²) in [6.45, 7) is 4.35. The Morgan fingerprint density at radius 1 is 1.05 bits per heavy atom. The lowest BCUT2D eigenvalue weighted by Gasteiger charge is -2.31. The highest BCUT2D eigenvalue weighted by Crippen LogP contribution is 2.30. The highest BCUT2D eigenvalue weighted by molar-refractivity contribution is 7.90. The molecule has 37 heavy (non-hydrogen) atoms. The molecule has 3 rings (SSSR count). The maximum absolute atomic E-state index is 13.4. The summed E-state index contributed by atoms with van der Waals surface area (Å²) in [6, 6.07) is 10.3. The second kappa shape index (κ2) is 12.8. The summed E-state index contributed by atoms with van der Waals surface area (Å²) in [5, 5.41) is 3.61. The minimum atomic E-state index is -3.95. The number of rotatable bonds is 12. The maximum atomic E-state index is 13.4. The predicted molar refractivity (Wildman–Crippen MR) is 143 cm³/mol. The zero-order valence-corrected chi connectivity index (χ0v) is 23.2. The monoisotopic (exact) mass is 567 g/mol. The average Bonchev–Trinajstić information content (AvgIpc) is 3.06. The van der Waals surface area contributed by atoms with E-state index in [2.05, 4.69) is 5.32 Å². The second-order valence-electron chi connectivity index (χ2n) is 8.82. The molecule has 2 aromatic rings. The highest BCUT2D eigenvalue weighted by Gasteiger charge is 2.40. The van der Waals surface area contributed by atoms with E-state index in [9.17, 15) is 22.8 Å². The molecule has 1 N–H and O–H groups in total. The van der Waals surface area contributed by atoms with Crippen LogP contribution in [0, 0.1) is 0 Å². The Kier molecular flexibility index (Phi) is 9.98. The molecule has 1 aliphatic heterocycles. The van der Waals surface area contributed by atoms with Crippen LogP contribution in [0.15, 0.2) is 47.4 Å². The van der Waals surface area contributed by atoms with Crippen molar-refractivity contribution in [3.05, 3.63) is 63.6 Å². The van der Waals surface area contributed by atoms with Crippen molar-refractivity contribution >= 4 is 50.9 Å². The molecule has 0 saturated carbocycles. The van der Waals surface area contributed by atoms with Crippen LogP contribution in [0.2, 0.25) is 10.0 Å². The number of sulfonamides is 1. The number of benzene rings is 2. The molecule has 11 heteroatoms. The first-order valence-corrected chi connectivity index (χ1v) is 14.5. The minimum Gasteiger partial charge on any atom is -0.354 e. The zero-order valence-electron chi connectivity index (χ0n) is 20.9. The van der Waals surface area contributed by atoms with Crippen LogP contribution in [-0.4, -0.2) is 54.5 Å². The summed E-state index contributed by atoms with van der Waals surface area (Å²) in [5.74, 6) is -1.18. The Labute approximate surface area is 228 Å². The van der Waals surface area contributed by atoms with Crippen molar-refractivity contribution in [2.75, 3.05) is 13.1 Å². The van der Waals surface area contributed by atoms with Gasteiger partial charge in [-0.1, -0.05) is 61.7 Å². The van der Waals surface area contributed by atoms with Gasteiger partial charge in [0, 0.05) is 26.1 Å². The summed E-state index contributed by atoms with van der Waals surface area (Å²) in [6.07, 6.45) is 2.20. The van der Waals surface area contributed by atoms with Gasteiger partial charge in [-0.25, -0.2) is 12.7 Å². The van der Waals surface area contributed by atoms with E-state index in [1.54, 1.807) is 30.3 Å². The standard InChI is InChI=1S/C26H31Cl2N3O5S/c1-3-5-14-29-25(33)22(4-2)30(17-18-12-13-20(27)21(28)16-18)24(32)11-8-15-31-26(34)19-9-6-7-10-23(19)37(31,35)36/h6-7,9-10,12-13,16,22H,3-5,8,11,14-15,17H2,1-2H3,(H,29,33)/t22-/m0/s1. The summed E-state index contributed by atoms with van der Waals surface area (Å²) < 4.78 is 26.4. The topological polar surface area (TPSA) is 104 Å². The fourth-order valence-corrected chi connectivity index (χ4v) is 6.16. The highest BCUT2D eigenvalue weighted by atomic mass is 35.5. The van der Waals surface area contributed by atoms with Crippen LogP contribution in [-0.2, 0) is 26.2 Å². The van der Waals surface area contributed by atoms with Gasteiger partial charge in [0.15, 0.2) is 0 Å². The molecule has 0 bridgehead atoms.